The van der Waals surface area contributed by atoms with Gasteiger partial charge >= 0.3 is 5.97 Å². The molecule has 3 rings (SSSR count). The predicted octanol–water partition coefficient (Wildman–Crippen LogP) is 6.35. The molecule has 160 valence electrons. The Kier molecular flexibility index (Phi) is 7.77. The molecular formula is C23H25ClO4S2. The third kappa shape index (κ3) is 5.34. The highest BCUT2D eigenvalue weighted by atomic mass is 35.5. The van der Waals surface area contributed by atoms with Gasteiger partial charge in [-0.3, -0.25) is 9.59 Å². The molecule has 2 heterocycles. The maximum atomic E-state index is 13.0. The number of rotatable bonds is 8. The Morgan fingerprint density at radius 1 is 1.33 bits per heavy atom. The fourth-order valence-corrected chi connectivity index (χ4v) is 5.59. The monoisotopic (exact) mass is 464 g/mol. The zero-order valence-electron chi connectivity index (χ0n) is 17.1. The molecule has 1 aromatic carbocycles. The molecule has 2 atom stereocenters. The van der Waals surface area contributed by atoms with Gasteiger partial charge in [-0.2, -0.15) is 0 Å². The van der Waals surface area contributed by atoms with E-state index in [1.807, 2.05) is 38.1 Å². The fraction of sp³-hybridized carbons (Fsp3) is 0.435. The van der Waals surface area contributed by atoms with Gasteiger partial charge in [0.25, 0.3) is 0 Å². The minimum absolute atomic E-state index is 0.0751. The van der Waals surface area contributed by atoms with Crippen molar-refractivity contribution in [2.75, 3.05) is 0 Å². The van der Waals surface area contributed by atoms with Crippen LogP contribution in [-0.2, 0) is 14.3 Å². The lowest BCUT2D eigenvalue weighted by Crippen LogP contribution is -2.16. The fourth-order valence-electron chi connectivity index (χ4n) is 3.68. The van der Waals surface area contributed by atoms with Crippen LogP contribution in [0.3, 0.4) is 0 Å². The summed E-state index contributed by atoms with van der Waals surface area (Å²) in [5.41, 5.74) is 2.87. The van der Waals surface area contributed by atoms with Crippen LogP contribution in [0, 0.1) is 12.8 Å². The molecule has 1 fully saturated rings. The number of hydrogen-bond acceptors (Lipinski definition) is 5. The summed E-state index contributed by atoms with van der Waals surface area (Å²) in [4.78, 5) is 24.3. The van der Waals surface area contributed by atoms with Crippen LogP contribution in [0.1, 0.15) is 56.6 Å². The molecule has 0 radical (unpaired) electrons. The van der Waals surface area contributed by atoms with Gasteiger partial charge in [0.1, 0.15) is 11.9 Å². The average molecular weight is 465 g/mol. The number of carbonyl (C=O) groups excluding carboxylic acids is 1. The van der Waals surface area contributed by atoms with Crippen LogP contribution in [0.5, 0.6) is 0 Å². The quantitative estimate of drug-likeness (QED) is 0.275. The summed E-state index contributed by atoms with van der Waals surface area (Å²) >= 11 is 13.2. The summed E-state index contributed by atoms with van der Waals surface area (Å²) < 4.78 is 6.86. The number of thiocarbonyl (C=S) groups is 1. The van der Waals surface area contributed by atoms with Crippen LogP contribution in [0.2, 0.25) is 5.02 Å². The lowest BCUT2D eigenvalue weighted by Gasteiger charge is -2.16. The molecule has 0 bridgehead atoms. The largest absolute Gasteiger partial charge is 0.485 e. The van der Waals surface area contributed by atoms with E-state index in [0.29, 0.717) is 33.4 Å². The van der Waals surface area contributed by atoms with Gasteiger partial charge in [0.05, 0.1) is 20.0 Å². The smallest absolute Gasteiger partial charge is 0.303 e. The van der Waals surface area contributed by atoms with Gasteiger partial charge in [0.15, 0.2) is 5.78 Å². The van der Waals surface area contributed by atoms with Gasteiger partial charge in [0, 0.05) is 18.4 Å². The molecule has 7 heteroatoms. The van der Waals surface area contributed by atoms with E-state index in [-0.39, 0.29) is 24.2 Å². The number of benzene rings is 1. The number of ether oxygens (including phenoxy) is 1. The van der Waals surface area contributed by atoms with Gasteiger partial charge < -0.3 is 9.84 Å². The molecule has 2 aliphatic rings. The van der Waals surface area contributed by atoms with Crippen molar-refractivity contribution in [1.29, 1.82) is 0 Å². The Morgan fingerprint density at radius 2 is 2.10 bits per heavy atom. The van der Waals surface area contributed by atoms with Gasteiger partial charge in [-0.25, -0.2) is 0 Å². The highest BCUT2D eigenvalue weighted by Crippen LogP contribution is 2.42. The molecule has 0 spiro atoms. The first kappa shape index (κ1) is 23.0. The summed E-state index contributed by atoms with van der Waals surface area (Å²) in [5.74, 6) is -0.223. The van der Waals surface area contributed by atoms with Gasteiger partial charge in [0.2, 0.25) is 0 Å². The minimum Gasteiger partial charge on any atom is -0.485 e. The SMILES string of the molecule is C/C(=C1/SC(=S)C(CCCCCC(=O)O)C1=O)C1CC=C(c2ccc(C)cc2Cl)O1. The van der Waals surface area contributed by atoms with E-state index in [2.05, 4.69) is 0 Å². The maximum Gasteiger partial charge on any atom is 0.303 e. The number of Topliss-reactive ketones (excluding diaryl/α,β-unsaturated/α-hetero) is 1. The van der Waals surface area contributed by atoms with Crippen molar-refractivity contribution in [1.82, 2.24) is 0 Å². The number of ketones is 1. The molecule has 0 amide bonds. The first-order chi connectivity index (χ1) is 14.3. The zero-order chi connectivity index (χ0) is 21.8. The van der Waals surface area contributed by atoms with Crippen LogP contribution in [0.4, 0.5) is 0 Å². The maximum absolute atomic E-state index is 13.0. The standard InChI is InChI=1S/C23H25ClO4S2/c1-13-8-9-15(17(24)12-13)19-11-10-18(28-19)14(2)22-21(27)16(23(29)30-22)6-4-3-5-7-20(25)26/h8-9,11-12,16,18H,3-7,10H2,1-2H3,(H,25,26)/b22-14-. The number of allylic oxidation sites excluding steroid dienone is 1. The average Bonchev–Trinajstić information content (AvgIpc) is 3.27. The number of unbranched alkanes of at least 4 members (excludes halogenated alkanes) is 2. The van der Waals surface area contributed by atoms with E-state index in [1.165, 1.54) is 11.8 Å². The summed E-state index contributed by atoms with van der Waals surface area (Å²) in [7, 11) is 0. The van der Waals surface area contributed by atoms with E-state index < -0.39 is 5.97 Å². The van der Waals surface area contributed by atoms with Crippen LogP contribution >= 0.6 is 35.6 Å². The summed E-state index contributed by atoms with van der Waals surface area (Å²) in [5, 5.41) is 9.37. The normalized spacial score (nSPS) is 22.8. The molecule has 2 aliphatic heterocycles. The molecular weight excluding hydrogens is 440 g/mol. The third-order valence-corrected chi connectivity index (χ3v) is 7.49. The van der Waals surface area contributed by atoms with E-state index in [0.717, 1.165) is 35.3 Å². The Labute approximate surface area is 191 Å². The van der Waals surface area contributed by atoms with E-state index in [9.17, 15) is 9.59 Å². The third-order valence-electron chi connectivity index (χ3n) is 5.43. The molecule has 1 saturated heterocycles. The first-order valence-corrected chi connectivity index (χ1v) is 11.7. The molecule has 30 heavy (non-hydrogen) atoms. The topological polar surface area (TPSA) is 63.6 Å². The number of carboxylic acids is 1. The molecule has 0 aliphatic carbocycles. The summed E-state index contributed by atoms with van der Waals surface area (Å²) in [6.45, 7) is 3.93. The number of aryl methyl sites for hydroxylation is 1. The lowest BCUT2D eigenvalue weighted by atomic mass is 9.96. The molecule has 1 N–H and O–H groups in total. The van der Waals surface area contributed by atoms with Crippen molar-refractivity contribution < 1.29 is 19.4 Å². The van der Waals surface area contributed by atoms with Gasteiger partial charge in [-0.15, -0.1) is 0 Å². The number of aliphatic carboxylic acids is 1. The van der Waals surface area contributed by atoms with Crippen LogP contribution < -0.4 is 0 Å². The minimum atomic E-state index is -0.782. The van der Waals surface area contributed by atoms with Crippen molar-refractivity contribution in [3.8, 4) is 0 Å². The van der Waals surface area contributed by atoms with E-state index in [1.54, 1.807) is 0 Å². The number of carboxylic acid groups (broad SMARTS) is 1. The molecule has 0 aromatic heterocycles. The van der Waals surface area contributed by atoms with Crippen molar-refractivity contribution in [3.05, 3.63) is 50.9 Å². The number of thioether (sulfide) groups is 1. The Balaban J connectivity index is 1.62. The molecule has 1 aromatic rings. The number of hydrogen-bond donors (Lipinski definition) is 1. The Bertz CT molecular complexity index is 935. The van der Waals surface area contributed by atoms with Crippen molar-refractivity contribution >= 4 is 57.3 Å². The highest BCUT2D eigenvalue weighted by Gasteiger charge is 2.38. The number of halogens is 1. The van der Waals surface area contributed by atoms with Crippen molar-refractivity contribution in [3.63, 3.8) is 0 Å². The first-order valence-electron chi connectivity index (χ1n) is 10.1. The van der Waals surface area contributed by atoms with Crippen LogP contribution in [0.15, 0.2) is 34.8 Å². The summed E-state index contributed by atoms with van der Waals surface area (Å²) in [6, 6.07) is 5.87. The van der Waals surface area contributed by atoms with E-state index >= 15 is 0 Å². The van der Waals surface area contributed by atoms with Crippen molar-refractivity contribution in [2.24, 2.45) is 5.92 Å². The van der Waals surface area contributed by atoms with Gasteiger partial charge in [-0.1, -0.05) is 54.5 Å². The van der Waals surface area contributed by atoms with Crippen molar-refractivity contribution in [2.45, 2.75) is 58.5 Å². The second-order valence-corrected chi connectivity index (χ2v) is 9.89. The van der Waals surface area contributed by atoms with Crippen LogP contribution in [-0.4, -0.2) is 27.2 Å². The molecule has 4 nitrogen and oxygen atoms in total. The second-order valence-electron chi connectivity index (χ2n) is 7.74. The van der Waals surface area contributed by atoms with Gasteiger partial charge in [-0.05, 0) is 56.0 Å². The highest BCUT2D eigenvalue weighted by molar-refractivity contribution is 8.27. The zero-order valence-corrected chi connectivity index (χ0v) is 19.5. The predicted molar refractivity (Wildman–Crippen MR) is 126 cm³/mol. The summed E-state index contributed by atoms with van der Waals surface area (Å²) in [6.07, 6.45) is 5.58. The van der Waals surface area contributed by atoms with E-state index in [4.69, 9.17) is 33.7 Å². The Hall–Kier alpha value is -1.63. The molecule has 2 unspecified atom stereocenters. The second kappa shape index (κ2) is 10.1. The molecule has 0 saturated carbocycles. The lowest BCUT2D eigenvalue weighted by molar-refractivity contribution is -0.137. The number of carbonyl (C=O) groups is 2. The Morgan fingerprint density at radius 3 is 2.80 bits per heavy atom. The van der Waals surface area contributed by atoms with Crippen LogP contribution in [0.25, 0.3) is 5.76 Å².